The van der Waals surface area contributed by atoms with Crippen LogP contribution in [0.4, 0.5) is 0 Å². The predicted molar refractivity (Wildman–Crippen MR) is 86.5 cm³/mol. The minimum absolute atomic E-state index is 0.303. The molecule has 1 atom stereocenters. The number of carbonyl (C=O) groups excluding carboxylic acids is 1. The summed E-state index contributed by atoms with van der Waals surface area (Å²) in [5.41, 5.74) is 0.712. The number of amides is 1. The maximum Gasteiger partial charge on any atom is 0.326 e. The van der Waals surface area contributed by atoms with Gasteiger partial charge in [-0.2, -0.15) is 0 Å². The minimum Gasteiger partial charge on any atom is -0.480 e. The molecule has 0 aromatic carbocycles. The molecule has 0 spiro atoms. The van der Waals surface area contributed by atoms with Crippen LogP contribution in [0.3, 0.4) is 0 Å². The van der Waals surface area contributed by atoms with Gasteiger partial charge in [0, 0.05) is 5.92 Å². The highest BCUT2D eigenvalue weighted by atomic mass is 32.1. The average molecular weight is 324 g/mol. The van der Waals surface area contributed by atoms with Crippen molar-refractivity contribution in [3.05, 3.63) is 15.6 Å². The molecule has 1 fully saturated rings. The van der Waals surface area contributed by atoms with Crippen molar-refractivity contribution in [3.8, 4) is 0 Å². The van der Waals surface area contributed by atoms with E-state index in [1.54, 1.807) is 0 Å². The number of aliphatic carboxylic acids is 1. The first-order valence-corrected chi connectivity index (χ1v) is 8.85. The first kappa shape index (κ1) is 16.9. The highest BCUT2D eigenvalue weighted by Gasteiger charge is 2.26. The van der Waals surface area contributed by atoms with Crippen molar-refractivity contribution < 1.29 is 14.7 Å². The van der Waals surface area contributed by atoms with Crippen molar-refractivity contribution in [1.29, 1.82) is 0 Å². The van der Waals surface area contributed by atoms with E-state index >= 15 is 0 Å². The van der Waals surface area contributed by atoms with Crippen LogP contribution in [0.15, 0.2) is 0 Å². The Morgan fingerprint density at radius 2 is 2.09 bits per heavy atom. The molecular formula is C16H24N2O3S. The van der Waals surface area contributed by atoms with Gasteiger partial charge in [0.15, 0.2) is 0 Å². The summed E-state index contributed by atoms with van der Waals surface area (Å²) in [7, 11) is 0. The average Bonchev–Trinajstić information content (AvgIpc) is 3.11. The lowest BCUT2D eigenvalue weighted by atomic mass is 10.1. The van der Waals surface area contributed by atoms with Crippen molar-refractivity contribution in [2.75, 3.05) is 0 Å². The van der Waals surface area contributed by atoms with Gasteiger partial charge in [0.2, 0.25) is 0 Å². The molecule has 2 N–H and O–H groups in total. The summed E-state index contributed by atoms with van der Waals surface area (Å²) < 4.78 is 0. The molecule has 122 valence electrons. The molecule has 0 radical (unpaired) electrons. The summed E-state index contributed by atoms with van der Waals surface area (Å²) in [6, 6.07) is -0.816. The molecular weight excluding hydrogens is 300 g/mol. The molecule has 2 rings (SSSR count). The van der Waals surface area contributed by atoms with Gasteiger partial charge in [-0.25, -0.2) is 9.78 Å². The number of thiazole rings is 1. The number of nitrogens with one attached hydrogen (secondary N) is 1. The predicted octanol–water partition coefficient (Wildman–Crippen LogP) is 3.48. The van der Waals surface area contributed by atoms with E-state index in [-0.39, 0.29) is 5.91 Å². The van der Waals surface area contributed by atoms with Crippen LogP contribution in [0.2, 0.25) is 0 Å². The highest BCUT2D eigenvalue weighted by Crippen LogP contribution is 2.37. The van der Waals surface area contributed by atoms with Gasteiger partial charge in [-0.3, -0.25) is 4.79 Å². The van der Waals surface area contributed by atoms with E-state index in [0.717, 1.165) is 30.7 Å². The van der Waals surface area contributed by atoms with Crippen LogP contribution in [-0.4, -0.2) is 28.0 Å². The van der Waals surface area contributed by atoms with Crippen LogP contribution in [0.5, 0.6) is 0 Å². The first-order chi connectivity index (χ1) is 10.5. The normalized spacial score (nSPS) is 16.6. The lowest BCUT2D eigenvalue weighted by molar-refractivity contribution is -0.139. The number of hydrogen-bond donors (Lipinski definition) is 2. The molecule has 1 aliphatic rings. The fraction of sp³-hybridized carbons (Fsp3) is 0.688. The van der Waals surface area contributed by atoms with E-state index in [1.165, 1.54) is 24.2 Å². The molecule has 6 heteroatoms. The van der Waals surface area contributed by atoms with E-state index in [4.69, 9.17) is 0 Å². The molecule has 0 aliphatic heterocycles. The topological polar surface area (TPSA) is 79.3 Å². The van der Waals surface area contributed by atoms with Gasteiger partial charge in [0.25, 0.3) is 5.91 Å². The molecule has 1 heterocycles. The van der Waals surface area contributed by atoms with Crippen LogP contribution in [0, 0.1) is 6.92 Å². The molecule has 1 saturated carbocycles. The quantitative estimate of drug-likeness (QED) is 0.804. The van der Waals surface area contributed by atoms with Crippen LogP contribution in [0.1, 0.15) is 78.2 Å². The van der Waals surface area contributed by atoms with Crippen molar-refractivity contribution in [3.63, 3.8) is 0 Å². The highest BCUT2D eigenvalue weighted by molar-refractivity contribution is 7.13. The molecule has 0 saturated heterocycles. The van der Waals surface area contributed by atoms with Gasteiger partial charge in [-0.05, 0) is 26.2 Å². The Balaban J connectivity index is 2.06. The summed E-state index contributed by atoms with van der Waals surface area (Å²) >= 11 is 1.43. The van der Waals surface area contributed by atoms with Gasteiger partial charge >= 0.3 is 5.97 Å². The molecule has 1 aliphatic carbocycles. The zero-order chi connectivity index (χ0) is 16.1. The number of rotatable bonds is 7. The Morgan fingerprint density at radius 3 is 2.68 bits per heavy atom. The van der Waals surface area contributed by atoms with E-state index in [1.807, 2.05) is 13.8 Å². The van der Waals surface area contributed by atoms with Crippen molar-refractivity contribution in [1.82, 2.24) is 10.3 Å². The third kappa shape index (κ3) is 4.06. The zero-order valence-electron chi connectivity index (χ0n) is 13.2. The van der Waals surface area contributed by atoms with Gasteiger partial charge < -0.3 is 10.4 Å². The molecule has 22 heavy (non-hydrogen) atoms. The monoisotopic (exact) mass is 324 g/mol. The maximum absolute atomic E-state index is 12.4. The number of carbonyl (C=O) groups is 2. The number of nitrogens with zero attached hydrogens (tertiary/aromatic N) is 1. The van der Waals surface area contributed by atoms with E-state index in [0.29, 0.717) is 22.9 Å². The van der Waals surface area contributed by atoms with Crippen molar-refractivity contribution in [2.45, 2.75) is 70.8 Å². The number of aryl methyl sites for hydroxylation is 1. The summed E-state index contributed by atoms with van der Waals surface area (Å²) in [6.45, 7) is 3.83. The Kier molecular flexibility index (Phi) is 5.94. The van der Waals surface area contributed by atoms with Gasteiger partial charge in [-0.15, -0.1) is 11.3 Å². The lowest BCUT2D eigenvalue weighted by Crippen LogP contribution is -2.40. The Hall–Kier alpha value is -1.43. The third-order valence-electron chi connectivity index (χ3n) is 4.17. The third-order valence-corrected chi connectivity index (χ3v) is 5.49. The van der Waals surface area contributed by atoms with E-state index < -0.39 is 12.0 Å². The number of hydrogen-bond acceptors (Lipinski definition) is 4. The number of carboxylic acids is 1. The van der Waals surface area contributed by atoms with Gasteiger partial charge in [-0.1, -0.05) is 32.6 Å². The van der Waals surface area contributed by atoms with Crippen molar-refractivity contribution >= 4 is 23.2 Å². The smallest absolute Gasteiger partial charge is 0.326 e. The number of unbranched alkanes of at least 4 members (excludes halogenated alkanes) is 1. The van der Waals surface area contributed by atoms with Crippen LogP contribution in [0.25, 0.3) is 0 Å². The minimum atomic E-state index is -0.972. The van der Waals surface area contributed by atoms with E-state index in [9.17, 15) is 14.7 Å². The van der Waals surface area contributed by atoms with Crippen LogP contribution < -0.4 is 5.32 Å². The fourth-order valence-corrected chi connectivity index (χ4v) is 4.00. The van der Waals surface area contributed by atoms with Crippen molar-refractivity contribution in [2.24, 2.45) is 0 Å². The molecule has 0 bridgehead atoms. The lowest BCUT2D eigenvalue weighted by Gasteiger charge is -2.13. The van der Waals surface area contributed by atoms with Gasteiger partial charge in [0.05, 0.1) is 10.7 Å². The summed E-state index contributed by atoms with van der Waals surface area (Å²) in [5.74, 6) is -0.802. The molecule has 1 aromatic heterocycles. The second-order valence-corrected chi connectivity index (χ2v) is 6.99. The standard InChI is InChI=1S/C16H24N2O3S/c1-3-4-9-12(16(20)21)18-14(19)13-10(2)17-15(22-13)11-7-5-6-8-11/h11-12H,3-9H2,1-2H3,(H,18,19)(H,20,21)/t12-/m0/s1. The largest absolute Gasteiger partial charge is 0.480 e. The fourth-order valence-electron chi connectivity index (χ4n) is 2.86. The molecule has 1 amide bonds. The zero-order valence-corrected chi connectivity index (χ0v) is 14.0. The number of carboxylic acid groups (broad SMARTS) is 1. The summed E-state index contributed by atoms with van der Waals surface area (Å²) in [4.78, 5) is 28.7. The molecule has 5 nitrogen and oxygen atoms in total. The van der Waals surface area contributed by atoms with Crippen LogP contribution in [-0.2, 0) is 4.79 Å². The Bertz CT molecular complexity index is 535. The molecule has 0 unspecified atom stereocenters. The Labute approximate surface area is 135 Å². The molecule has 1 aromatic rings. The second kappa shape index (κ2) is 7.72. The van der Waals surface area contributed by atoms with Gasteiger partial charge in [0.1, 0.15) is 10.9 Å². The summed E-state index contributed by atoms with van der Waals surface area (Å²) in [6.07, 6.45) is 6.89. The maximum atomic E-state index is 12.4. The Morgan fingerprint density at radius 1 is 1.41 bits per heavy atom. The van der Waals surface area contributed by atoms with Crippen LogP contribution >= 0.6 is 11.3 Å². The summed E-state index contributed by atoms with van der Waals surface area (Å²) in [5, 5.41) is 12.9. The second-order valence-electron chi connectivity index (χ2n) is 5.95. The number of aromatic nitrogens is 1. The van der Waals surface area contributed by atoms with E-state index in [2.05, 4.69) is 10.3 Å². The first-order valence-electron chi connectivity index (χ1n) is 8.04. The SMILES string of the molecule is CCCC[C@H](NC(=O)c1sc(C2CCCC2)nc1C)C(=O)O.